The summed E-state index contributed by atoms with van der Waals surface area (Å²) < 4.78 is 0. The summed E-state index contributed by atoms with van der Waals surface area (Å²) >= 11 is 1.69. The normalized spacial score (nSPS) is 10.2. The summed E-state index contributed by atoms with van der Waals surface area (Å²) in [6, 6.07) is 15.1. The van der Waals surface area contributed by atoms with Crippen molar-refractivity contribution < 1.29 is 9.59 Å². The van der Waals surface area contributed by atoms with Gasteiger partial charge in [0.2, 0.25) is 5.91 Å². The van der Waals surface area contributed by atoms with E-state index in [1.165, 1.54) is 11.8 Å². The molecular weight excluding hydrogens is 308 g/mol. The van der Waals surface area contributed by atoms with Crippen LogP contribution in [-0.2, 0) is 11.3 Å². The summed E-state index contributed by atoms with van der Waals surface area (Å²) in [4.78, 5) is 26.3. The first kappa shape index (κ1) is 17.1. The van der Waals surface area contributed by atoms with Gasteiger partial charge in [0.25, 0.3) is 5.91 Å². The van der Waals surface area contributed by atoms with E-state index in [0.717, 1.165) is 5.56 Å². The van der Waals surface area contributed by atoms with Crippen molar-refractivity contribution in [1.82, 2.24) is 4.90 Å². The van der Waals surface area contributed by atoms with Gasteiger partial charge in [0, 0.05) is 36.7 Å². The number of carbonyl (C=O) groups excluding carboxylic acids is 2. The van der Waals surface area contributed by atoms with Crippen LogP contribution in [0.5, 0.6) is 0 Å². The van der Waals surface area contributed by atoms with Crippen LogP contribution in [0.15, 0.2) is 53.4 Å². The van der Waals surface area contributed by atoms with Crippen molar-refractivity contribution in [1.29, 1.82) is 0 Å². The number of nitrogens with one attached hydrogen (secondary N) is 1. The molecule has 0 saturated carbocycles. The summed E-state index contributed by atoms with van der Waals surface area (Å²) in [6.45, 7) is 2.01. The Morgan fingerprint density at radius 1 is 1.04 bits per heavy atom. The van der Waals surface area contributed by atoms with Crippen molar-refractivity contribution in [3.05, 3.63) is 59.7 Å². The van der Waals surface area contributed by atoms with Crippen molar-refractivity contribution in [2.45, 2.75) is 18.4 Å². The van der Waals surface area contributed by atoms with Crippen molar-refractivity contribution in [3.63, 3.8) is 0 Å². The van der Waals surface area contributed by atoms with Gasteiger partial charge < -0.3 is 10.2 Å². The highest BCUT2D eigenvalue weighted by Crippen LogP contribution is 2.17. The molecule has 2 amide bonds. The summed E-state index contributed by atoms with van der Waals surface area (Å²) in [7, 11) is 1.78. The van der Waals surface area contributed by atoms with Gasteiger partial charge in [-0.05, 0) is 48.2 Å². The van der Waals surface area contributed by atoms with Gasteiger partial charge in [-0.25, -0.2) is 0 Å². The van der Waals surface area contributed by atoms with E-state index in [1.807, 2.05) is 18.4 Å². The predicted octanol–water partition coefficient (Wildman–Crippen LogP) is 3.64. The zero-order valence-electron chi connectivity index (χ0n) is 13.5. The number of rotatable bonds is 5. The number of hydrogen-bond donors (Lipinski definition) is 1. The molecule has 0 bridgehead atoms. The molecule has 0 aliphatic carbocycles. The lowest BCUT2D eigenvalue weighted by atomic mass is 10.1. The molecule has 4 nitrogen and oxygen atoms in total. The third kappa shape index (κ3) is 4.86. The number of anilines is 1. The number of amides is 2. The standard InChI is InChI=1S/C18H20N2O2S/c1-13(21)19-16-8-6-15(7-9-16)18(22)20(2)12-14-4-10-17(23-3)11-5-14/h4-11H,12H2,1-3H3,(H,19,21). The zero-order chi connectivity index (χ0) is 16.8. The largest absolute Gasteiger partial charge is 0.337 e. The van der Waals surface area contributed by atoms with Gasteiger partial charge in [-0.15, -0.1) is 11.8 Å². The first-order valence-corrected chi connectivity index (χ1v) is 8.48. The Kier molecular flexibility index (Phi) is 5.82. The second kappa shape index (κ2) is 7.83. The van der Waals surface area contributed by atoms with Crippen LogP contribution in [0, 0.1) is 0 Å². The van der Waals surface area contributed by atoms with Crippen LogP contribution < -0.4 is 5.32 Å². The minimum Gasteiger partial charge on any atom is -0.337 e. The molecule has 0 atom stereocenters. The fraction of sp³-hybridized carbons (Fsp3) is 0.222. The van der Waals surface area contributed by atoms with Gasteiger partial charge in [-0.2, -0.15) is 0 Å². The first-order chi connectivity index (χ1) is 11.0. The summed E-state index contributed by atoms with van der Waals surface area (Å²) in [6.07, 6.45) is 2.04. The van der Waals surface area contributed by atoms with Gasteiger partial charge in [0.15, 0.2) is 0 Å². The molecule has 0 saturated heterocycles. The van der Waals surface area contributed by atoms with E-state index < -0.39 is 0 Å². The Morgan fingerprint density at radius 3 is 2.17 bits per heavy atom. The number of benzene rings is 2. The number of nitrogens with zero attached hydrogens (tertiary/aromatic N) is 1. The molecule has 0 heterocycles. The van der Waals surface area contributed by atoms with Gasteiger partial charge in [-0.1, -0.05) is 12.1 Å². The number of hydrogen-bond acceptors (Lipinski definition) is 3. The van der Waals surface area contributed by atoms with Crippen LogP contribution in [-0.4, -0.2) is 30.0 Å². The highest BCUT2D eigenvalue weighted by molar-refractivity contribution is 7.98. The maximum Gasteiger partial charge on any atom is 0.253 e. The lowest BCUT2D eigenvalue weighted by molar-refractivity contribution is -0.114. The molecule has 0 aliphatic rings. The van der Waals surface area contributed by atoms with Crippen LogP contribution in [0.2, 0.25) is 0 Å². The molecule has 120 valence electrons. The molecule has 0 aliphatic heterocycles. The summed E-state index contributed by atoms with van der Waals surface area (Å²) in [5.41, 5.74) is 2.38. The molecule has 2 rings (SSSR count). The quantitative estimate of drug-likeness (QED) is 0.853. The van der Waals surface area contributed by atoms with Gasteiger partial charge >= 0.3 is 0 Å². The molecular formula is C18H20N2O2S. The number of thioether (sulfide) groups is 1. The molecule has 0 fully saturated rings. The van der Waals surface area contributed by atoms with Crippen LogP contribution in [0.3, 0.4) is 0 Å². The highest BCUT2D eigenvalue weighted by Gasteiger charge is 2.12. The lowest BCUT2D eigenvalue weighted by Gasteiger charge is -2.17. The fourth-order valence-corrected chi connectivity index (χ4v) is 2.60. The molecule has 0 spiro atoms. The Labute approximate surface area is 140 Å². The topological polar surface area (TPSA) is 49.4 Å². The Morgan fingerprint density at radius 2 is 1.65 bits per heavy atom. The van der Waals surface area contributed by atoms with E-state index in [2.05, 4.69) is 17.4 Å². The smallest absolute Gasteiger partial charge is 0.253 e. The van der Waals surface area contributed by atoms with E-state index in [0.29, 0.717) is 17.8 Å². The highest BCUT2D eigenvalue weighted by atomic mass is 32.2. The Balaban J connectivity index is 2.02. The van der Waals surface area contributed by atoms with Crippen LogP contribution >= 0.6 is 11.8 Å². The lowest BCUT2D eigenvalue weighted by Crippen LogP contribution is -2.26. The van der Waals surface area contributed by atoms with Crippen molar-refractivity contribution >= 4 is 29.3 Å². The van der Waals surface area contributed by atoms with Crippen molar-refractivity contribution in [3.8, 4) is 0 Å². The predicted molar refractivity (Wildman–Crippen MR) is 94.8 cm³/mol. The van der Waals surface area contributed by atoms with E-state index >= 15 is 0 Å². The minimum absolute atomic E-state index is 0.0479. The maximum atomic E-state index is 12.4. The third-order valence-electron chi connectivity index (χ3n) is 3.38. The minimum atomic E-state index is -0.130. The fourth-order valence-electron chi connectivity index (χ4n) is 2.20. The molecule has 5 heteroatoms. The molecule has 0 unspecified atom stereocenters. The van der Waals surface area contributed by atoms with Crippen molar-refractivity contribution in [2.75, 3.05) is 18.6 Å². The molecule has 0 radical (unpaired) electrons. The van der Waals surface area contributed by atoms with Gasteiger partial charge in [0.05, 0.1) is 0 Å². The van der Waals surface area contributed by atoms with Gasteiger partial charge in [0.1, 0.15) is 0 Å². The molecule has 23 heavy (non-hydrogen) atoms. The van der Waals surface area contributed by atoms with E-state index in [-0.39, 0.29) is 11.8 Å². The van der Waals surface area contributed by atoms with E-state index in [4.69, 9.17) is 0 Å². The average Bonchev–Trinajstić information content (AvgIpc) is 2.55. The Hall–Kier alpha value is -2.27. The molecule has 0 aromatic heterocycles. The SMILES string of the molecule is CSc1ccc(CN(C)C(=O)c2ccc(NC(C)=O)cc2)cc1. The van der Waals surface area contributed by atoms with E-state index in [1.54, 1.807) is 48.0 Å². The van der Waals surface area contributed by atoms with Crippen LogP contribution in [0.25, 0.3) is 0 Å². The summed E-state index contributed by atoms with van der Waals surface area (Å²) in [5, 5.41) is 2.68. The monoisotopic (exact) mass is 328 g/mol. The molecule has 2 aromatic rings. The first-order valence-electron chi connectivity index (χ1n) is 7.25. The molecule has 1 N–H and O–H groups in total. The zero-order valence-corrected chi connectivity index (χ0v) is 14.3. The van der Waals surface area contributed by atoms with Crippen LogP contribution in [0.1, 0.15) is 22.8 Å². The van der Waals surface area contributed by atoms with Gasteiger partial charge in [-0.3, -0.25) is 9.59 Å². The summed E-state index contributed by atoms with van der Waals surface area (Å²) in [5.74, 6) is -0.178. The third-order valence-corrected chi connectivity index (χ3v) is 4.12. The average molecular weight is 328 g/mol. The number of carbonyl (C=O) groups is 2. The maximum absolute atomic E-state index is 12.4. The Bertz CT molecular complexity index is 681. The second-order valence-corrected chi connectivity index (χ2v) is 6.15. The molecule has 2 aromatic carbocycles. The van der Waals surface area contributed by atoms with Crippen molar-refractivity contribution in [2.24, 2.45) is 0 Å². The van der Waals surface area contributed by atoms with Crippen LogP contribution in [0.4, 0.5) is 5.69 Å². The van der Waals surface area contributed by atoms with E-state index in [9.17, 15) is 9.59 Å². The second-order valence-electron chi connectivity index (χ2n) is 5.27.